The van der Waals surface area contributed by atoms with E-state index in [9.17, 15) is 32.4 Å². The van der Waals surface area contributed by atoms with Gasteiger partial charge in [-0.15, -0.1) is 6.58 Å². The van der Waals surface area contributed by atoms with E-state index in [1.165, 1.54) is 49.2 Å². The Balaban J connectivity index is 1.37. The van der Waals surface area contributed by atoms with E-state index in [1.807, 2.05) is 30.3 Å². The van der Waals surface area contributed by atoms with Crippen molar-refractivity contribution in [1.82, 2.24) is 30.1 Å². The first-order valence-electron chi connectivity index (χ1n) is 20.1. The minimum Gasteiger partial charge on any atom is -0.497 e. The molecule has 4 aromatic rings. The molecule has 1 aliphatic heterocycles. The first-order valence-corrected chi connectivity index (χ1v) is 21.6. The maximum Gasteiger partial charge on any atom is 0.408 e. The van der Waals surface area contributed by atoms with E-state index >= 15 is 0 Å². The van der Waals surface area contributed by atoms with Gasteiger partial charge in [-0.3, -0.25) is 19.2 Å². The number of nitrogens with one attached hydrogen (secondary N) is 3. The van der Waals surface area contributed by atoms with Crippen molar-refractivity contribution < 1.29 is 46.6 Å². The van der Waals surface area contributed by atoms with Gasteiger partial charge in [-0.2, -0.15) is 0 Å². The summed E-state index contributed by atoms with van der Waals surface area (Å²) < 4.78 is 46.2. The molecule has 2 aliphatic rings. The molecule has 5 atom stereocenters. The number of ether oxygens (including phenoxy) is 3. The average molecular weight is 879 g/mol. The molecule has 1 aromatic heterocycles. The monoisotopic (exact) mass is 878 g/mol. The molecule has 63 heavy (non-hydrogen) atoms. The van der Waals surface area contributed by atoms with Crippen molar-refractivity contribution in [3.63, 3.8) is 0 Å². The van der Waals surface area contributed by atoms with Gasteiger partial charge in [0, 0.05) is 42.5 Å². The lowest BCUT2D eigenvalue weighted by atomic mass is 10.1. The summed E-state index contributed by atoms with van der Waals surface area (Å²) >= 11 is 0. The Morgan fingerprint density at radius 1 is 1.03 bits per heavy atom. The highest BCUT2D eigenvalue weighted by atomic mass is 32.2. The van der Waals surface area contributed by atoms with Crippen molar-refractivity contribution in [1.29, 1.82) is 0 Å². The molecule has 17 heteroatoms. The molecular formula is C46H50N6O10S. The zero-order valence-electron chi connectivity index (χ0n) is 35.8. The molecule has 5 amide bonds. The summed E-state index contributed by atoms with van der Waals surface area (Å²) in [4.78, 5) is 76.4. The third kappa shape index (κ3) is 10.6. The largest absolute Gasteiger partial charge is 0.497 e. The van der Waals surface area contributed by atoms with E-state index in [2.05, 4.69) is 33.8 Å². The lowest BCUT2D eigenvalue weighted by Crippen LogP contribution is -2.59. The van der Waals surface area contributed by atoms with E-state index in [-0.39, 0.29) is 30.8 Å². The van der Waals surface area contributed by atoms with Crippen LogP contribution in [0.3, 0.4) is 0 Å². The molecule has 1 saturated carbocycles. The van der Waals surface area contributed by atoms with Crippen LogP contribution in [0.1, 0.15) is 40.5 Å². The van der Waals surface area contributed by atoms with Crippen LogP contribution in [-0.4, -0.2) is 109 Å². The summed E-state index contributed by atoms with van der Waals surface area (Å²) in [7, 11) is -1.39. The minimum atomic E-state index is -4.34. The summed E-state index contributed by atoms with van der Waals surface area (Å²) in [6.45, 7) is 9.65. The fraction of sp³-hybridized carbons (Fsp3) is 0.348. The van der Waals surface area contributed by atoms with Gasteiger partial charge in [0.15, 0.2) is 0 Å². The third-order valence-corrected chi connectivity index (χ3v) is 11.9. The van der Waals surface area contributed by atoms with E-state index in [0.29, 0.717) is 28.1 Å². The van der Waals surface area contributed by atoms with Crippen LogP contribution in [0.15, 0.2) is 102 Å². The highest BCUT2D eigenvalue weighted by Gasteiger charge is 2.61. The van der Waals surface area contributed by atoms with Gasteiger partial charge >= 0.3 is 6.09 Å². The second-order valence-electron chi connectivity index (χ2n) is 16.3. The second kappa shape index (κ2) is 18.6. The number of alkyl carbamates (subject to hydrolysis) is 1. The first kappa shape index (κ1) is 45.6. The SMILES string of the molecule is C=C[C@@H]1C[C@]1(NC(=O)[C@@H]1C[C@@H](Oc2cc(-c3ccccc3)nc3cc(OC)ccc23)CN1C(=O)[C@@H](CN(C)C(=O)C#CC)NC(=O)OC(C)(C)C)C(=O)NS(=O)(=O)c1ccccc1. The number of nitrogens with zero attached hydrogens (tertiary/aromatic N) is 3. The van der Waals surface area contributed by atoms with Gasteiger partial charge in [0.1, 0.15) is 40.8 Å². The molecular weight excluding hydrogens is 829 g/mol. The zero-order chi connectivity index (χ0) is 45.7. The van der Waals surface area contributed by atoms with E-state index in [0.717, 1.165) is 10.5 Å². The van der Waals surface area contributed by atoms with Crippen LogP contribution in [0.2, 0.25) is 0 Å². The van der Waals surface area contributed by atoms with Crippen molar-refractivity contribution in [2.45, 2.75) is 74.8 Å². The van der Waals surface area contributed by atoms with Crippen molar-refractivity contribution in [3.05, 3.63) is 97.6 Å². The number of carbonyl (C=O) groups is 5. The molecule has 0 spiro atoms. The predicted molar refractivity (Wildman–Crippen MR) is 233 cm³/mol. The Morgan fingerprint density at radius 2 is 1.71 bits per heavy atom. The van der Waals surface area contributed by atoms with Gasteiger partial charge in [0.25, 0.3) is 21.8 Å². The molecule has 0 bridgehead atoms. The lowest BCUT2D eigenvalue weighted by Gasteiger charge is -2.31. The molecule has 2 fully saturated rings. The number of fused-ring (bicyclic) bond motifs is 1. The van der Waals surface area contributed by atoms with Gasteiger partial charge in [0.05, 0.1) is 36.3 Å². The molecule has 6 rings (SSSR count). The topological polar surface area (TPSA) is 203 Å². The van der Waals surface area contributed by atoms with Crippen molar-refractivity contribution in [3.8, 4) is 34.6 Å². The quantitative estimate of drug-likeness (QED) is 0.121. The van der Waals surface area contributed by atoms with Crippen molar-refractivity contribution in [2.75, 3.05) is 27.2 Å². The summed E-state index contributed by atoms with van der Waals surface area (Å²) in [6.07, 6.45) is -0.440. The van der Waals surface area contributed by atoms with Crippen LogP contribution in [0, 0.1) is 17.8 Å². The van der Waals surface area contributed by atoms with E-state index in [1.54, 1.807) is 58.2 Å². The van der Waals surface area contributed by atoms with Gasteiger partial charge in [-0.1, -0.05) is 60.5 Å². The molecule has 0 radical (unpaired) electrons. The van der Waals surface area contributed by atoms with E-state index < -0.39 is 75.0 Å². The number of rotatable bonds is 14. The normalized spacial score (nSPS) is 19.7. The van der Waals surface area contributed by atoms with Crippen LogP contribution in [0.25, 0.3) is 22.2 Å². The molecule has 0 unspecified atom stereocenters. The number of likely N-dealkylation sites (N-methyl/N-ethyl adjacent to an activating group) is 1. The summed E-state index contributed by atoms with van der Waals surface area (Å²) in [6, 6.07) is 21.0. The molecule has 1 aliphatic carbocycles. The first-order chi connectivity index (χ1) is 29.9. The van der Waals surface area contributed by atoms with Crippen LogP contribution >= 0.6 is 0 Å². The van der Waals surface area contributed by atoms with Crippen LogP contribution in [0.5, 0.6) is 11.5 Å². The van der Waals surface area contributed by atoms with Gasteiger partial charge in [-0.25, -0.2) is 22.9 Å². The average Bonchev–Trinajstić information content (AvgIpc) is 3.81. The number of methoxy groups -OCH3 is 1. The van der Waals surface area contributed by atoms with Gasteiger partial charge < -0.3 is 34.6 Å². The fourth-order valence-corrected chi connectivity index (χ4v) is 8.38. The van der Waals surface area contributed by atoms with Crippen LogP contribution in [-0.2, 0) is 33.9 Å². The summed E-state index contributed by atoms with van der Waals surface area (Å²) in [5.74, 6) is 2.06. The zero-order valence-corrected chi connectivity index (χ0v) is 36.7. The van der Waals surface area contributed by atoms with Crippen LogP contribution in [0.4, 0.5) is 4.79 Å². The van der Waals surface area contributed by atoms with Crippen molar-refractivity contribution in [2.24, 2.45) is 5.92 Å². The Morgan fingerprint density at radius 3 is 2.33 bits per heavy atom. The van der Waals surface area contributed by atoms with Crippen LogP contribution < -0.4 is 24.8 Å². The fourth-order valence-electron chi connectivity index (χ4n) is 7.32. The van der Waals surface area contributed by atoms with Gasteiger partial charge in [0.2, 0.25) is 11.8 Å². The number of hydrogen-bond acceptors (Lipinski definition) is 11. The number of sulfonamides is 1. The summed E-state index contributed by atoms with van der Waals surface area (Å²) in [5.41, 5.74) is -0.739. The second-order valence-corrected chi connectivity index (χ2v) is 17.9. The standard InChI is InChI=1S/C46H50N6O10S/c1-8-16-40(53)51(6)28-37(48-44(57)62-45(3,4)5)42(55)52-27-32(61-39-25-35(29-17-12-10-13-18-29)47-36-23-31(60-7)21-22-34(36)39)24-38(52)41(54)49-46(26-30(46)9-2)43(56)50-63(58,59)33-19-14-11-15-20-33/h9-15,17-23,25,30,32,37-38H,2,24,26-28H2,1,3-7H3,(H,48,57)(H,49,54)(H,50,56)/t30-,32-,37-,38+,46-/m1/s1. The number of carbonyl (C=O) groups excluding carboxylic acids is 5. The maximum atomic E-state index is 14.8. The minimum absolute atomic E-state index is 0.0297. The Labute approximate surface area is 366 Å². The predicted octanol–water partition coefficient (Wildman–Crippen LogP) is 4.20. The smallest absolute Gasteiger partial charge is 0.408 e. The Bertz CT molecular complexity index is 2590. The number of aromatic nitrogens is 1. The number of benzene rings is 3. The number of amides is 5. The molecule has 3 aromatic carbocycles. The molecule has 16 nitrogen and oxygen atoms in total. The highest BCUT2D eigenvalue weighted by Crippen LogP contribution is 2.45. The number of pyridine rings is 1. The number of likely N-dealkylation sites (tertiary alicyclic amines) is 1. The Hall–Kier alpha value is -6.93. The Kier molecular flexibility index (Phi) is 13.5. The lowest BCUT2D eigenvalue weighted by molar-refractivity contribution is -0.141. The third-order valence-electron chi connectivity index (χ3n) is 10.5. The van der Waals surface area contributed by atoms with E-state index in [4.69, 9.17) is 19.2 Å². The summed E-state index contributed by atoms with van der Waals surface area (Å²) in [5, 5.41) is 5.94. The molecule has 3 N–H and O–H groups in total. The molecule has 1 saturated heterocycles. The molecule has 2 heterocycles. The van der Waals surface area contributed by atoms with Gasteiger partial charge in [-0.05, 0) is 64.3 Å². The van der Waals surface area contributed by atoms with Crippen molar-refractivity contribution >= 4 is 50.6 Å². The maximum absolute atomic E-state index is 14.8. The number of hydrogen-bond donors (Lipinski definition) is 3. The highest BCUT2D eigenvalue weighted by molar-refractivity contribution is 7.90. The molecule has 330 valence electrons.